The molecular formula is C17H20N2O3S2. The maximum absolute atomic E-state index is 13.1. The lowest BCUT2D eigenvalue weighted by molar-refractivity contribution is -0.137. The molecule has 3 heterocycles. The Morgan fingerprint density at radius 1 is 1.38 bits per heavy atom. The van der Waals surface area contributed by atoms with Crippen LogP contribution in [0.3, 0.4) is 0 Å². The molecule has 0 radical (unpaired) electrons. The van der Waals surface area contributed by atoms with Gasteiger partial charge in [-0.05, 0) is 37.7 Å². The third-order valence-electron chi connectivity index (χ3n) is 4.83. The summed E-state index contributed by atoms with van der Waals surface area (Å²) in [5, 5.41) is 1.20. The molecule has 2 aromatic heterocycles. The first kappa shape index (κ1) is 16.1. The molecule has 0 aromatic carbocycles. The largest absolute Gasteiger partial charge is 0.465 e. The molecule has 1 fully saturated rings. The van der Waals surface area contributed by atoms with Gasteiger partial charge in [0.2, 0.25) is 0 Å². The maximum Gasteiger partial charge on any atom is 0.319 e. The van der Waals surface area contributed by atoms with Crippen molar-refractivity contribution in [1.29, 1.82) is 0 Å². The van der Waals surface area contributed by atoms with Crippen LogP contribution in [0.1, 0.15) is 37.1 Å². The normalized spacial score (nSPS) is 23.5. The summed E-state index contributed by atoms with van der Waals surface area (Å²) in [4.78, 5) is 31.7. The zero-order valence-corrected chi connectivity index (χ0v) is 15.5. The number of ether oxygens (including phenoxy) is 1. The number of fused-ring (bicyclic) bond motifs is 3. The SMILES string of the molecule is CCn1c(SC2CCOC2=O)nc2sc3c(c2c1=O)CCC(C)C3. The predicted octanol–water partition coefficient (Wildman–Crippen LogP) is 3.01. The van der Waals surface area contributed by atoms with Crippen LogP contribution in [0, 0.1) is 5.92 Å². The summed E-state index contributed by atoms with van der Waals surface area (Å²) in [6.45, 7) is 5.23. The molecule has 5 nitrogen and oxygen atoms in total. The average molecular weight is 364 g/mol. The Kier molecular flexibility index (Phi) is 4.16. The van der Waals surface area contributed by atoms with Crippen molar-refractivity contribution in [3.8, 4) is 0 Å². The summed E-state index contributed by atoms with van der Waals surface area (Å²) in [5.74, 6) is 0.470. The molecule has 128 valence electrons. The third kappa shape index (κ3) is 2.58. The van der Waals surface area contributed by atoms with Gasteiger partial charge in [-0.2, -0.15) is 0 Å². The number of nitrogens with zero attached hydrogens (tertiary/aromatic N) is 2. The van der Waals surface area contributed by atoms with E-state index in [4.69, 9.17) is 9.72 Å². The van der Waals surface area contributed by atoms with Crippen LogP contribution in [0.5, 0.6) is 0 Å². The molecule has 1 aliphatic carbocycles. The van der Waals surface area contributed by atoms with Crippen molar-refractivity contribution < 1.29 is 9.53 Å². The molecule has 0 N–H and O–H groups in total. The summed E-state index contributed by atoms with van der Waals surface area (Å²) >= 11 is 3.03. The zero-order valence-electron chi connectivity index (χ0n) is 13.8. The molecule has 2 unspecified atom stereocenters. The first-order valence-corrected chi connectivity index (χ1v) is 10.2. The quantitative estimate of drug-likeness (QED) is 0.619. The topological polar surface area (TPSA) is 61.2 Å². The van der Waals surface area contributed by atoms with E-state index in [1.807, 2.05) is 6.92 Å². The molecule has 0 amide bonds. The number of hydrogen-bond acceptors (Lipinski definition) is 6. The number of rotatable bonds is 3. The fourth-order valence-corrected chi connectivity index (χ4v) is 6.03. The van der Waals surface area contributed by atoms with Gasteiger partial charge in [0.15, 0.2) is 5.16 Å². The summed E-state index contributed by atoms with van der Waals surface area (Å²) in [6, 6.07) is 0. The second kappa shape index (κ2) is 6.19. The number of carbonyl (C=O) groups excluding carboxylic acids is 1. The van der Waals surface area contributed by atoms with Gasteiger partial charge in [0.25, 0.3) is 5.56 Å². The Balaban J connectivity index is 1.83. The van der Waals surface area contributed by atoms with Gasteiger partial charge in [0, 0.05) is 17.8 Å². The Bertz CT molecular complexity index is 871. The highest BCUT2D eigenvalue weighted by atomic mass is 32.2. The van der Waals surface area contributed by atoms with Gasteiger partial charge in [-0.15, -0.1) is 11.3 Å². The van der Waals surface area contributed by atoms with Gasteiger partial charge >= 0.3 is 5.97 Å². The van der Waals surface area contributed by atoms with Crippen molar-refractivity contribution in [2.75, 3.05) is 6.61 Å². The molecule has 0 saturated carbocycles. The molecule has 4 rings (SSSR count). The van der Waals surface area contributed by atoms with Crippen LogP contribution in [0.15, 0.2) is 9.95 Å². The van der Waals surface area contributed by atoms with E-state index < -0.39 is 0 Å². The van der Waals surface area contributed by atoms with Crippen LogP contribution >= 0.6 is 23.1 Å². The van der Waals surface area contributed by atoms with E-state index in [-0.39, 0.29) is 16.8 Å². The maximum atomic E-state index is 13.1. The molecule has 7 heteroatoms. The molecule has 2 aliphatic rings. The lowest BCUT2D eigenvalue weighted by Gasteiger charge is -2.17. The van der Waals surface area contributed by atoms with Gasteiger partial charge in [-0.25, -0.2) is 4.98 Å². The van der Waals surface area contributed by atoms with E-state index in [0.29, 0.717) is 30.6 Å². The Labute approximate surface area is 148 Å². The minimum absolute atomic E-state index is 0.0448. The Morgan fingerprint density at radius 3 is 2.92 bits per heavy atom. The first-order valence-electron chi connectivity index (χ1n) is 8.46. The third-order valence-corrected chi connectivity index (χ3v) is 7.21. The molecule has 1 aliphatic heterocycles. The highest BCUT2D eigenvalue weighted by Crippen LogP contribution is 2.37. The number of hydrogen-bond donors (Lipinski definition) is 0. The standard InChI is InChI=1S/C17H20N2O3S2/c1-3-19-15(20)13-10-5-4-9(2)8-12(10)23-14(13)18-17(19)24-11-6-7-22-16(11)21/h9,11H,3-8H2,1-2H3. The average Bonchev–Trinajstić information content (AvgIpc) is 3.10. The molecule has 0 bridgehead atoms. The zero-order chi connectivity index (χ0) is 16.8. The van der Waals surface area contributed by atoms with Crippen molar-refractivity contribution in [2.45, 2.75) is 56.5 Å². The summed E-state index contributed by atoms with van der Waals surface area (Å²) in [6.07, 6.45) is 3.83. The predicted molar refractivity (Wildman–Crippen MR) is 96.0 cm³/mol. The lowest BCUT2D eigenvalue weighted by Crippen LogP contribution is -2.24. The van der Waals surface area contributed by atoms with Crippen molar-refractivity contribution in [3.63, 3.8) is 0 Å². The molecule has 2 atom stereocenters. The van der Waals surface area contributed by atoms with Crippen LogP contribution in [0.25, 0.3) is 10.2 Å². The van der Waals surface area contributed by atoms with Crippen LogP contribution in [-0.2, 0) is 28.9 Å². The number of aromatic nitrogens is 2. The monoisotopic (exact) mass is 364 g/mol. The highest BCUT2D eigenvalue weighted by Gasteiger charge is 2.30. The highest BCUT2D eigenvalue weighted by molar-refractivity contribution is 8.00. The van der Waals surface area contributed by atoms with Gasteiger partial charge in [-0.3, -0.25) is 14.2 Å². The smallest absolute Gasteiger partial charge is 0.319 e. The lowest BCUT2D eigenvalue weighted by atomic mass is 9.89. The van der Waals surface area contributed by atoms with Crippen LogP contribution in [0.2, 0.25) is 0 Å². The number of esters is 1. The van der Waals surface area contributed by atoms with Gasteiger partial charge < -0.3 is 4.74 Å². The van der Waals surface area contributed by atoms with Crippen LogP contribution in [-0.4, -0.2) is 27.4 Å². The number of aryl methyl sites for hydroxylation is 1. The molecular weight excluding hydrogens is 344 g/mol. The minimum atomic E-state index is -0.248. The van der Waals surface area contributed by atoms with E-state index in [1.54, 1.807) is 15.9 Å². The van der Waals surface area contributed by atoms with Gasteiger partial charge in [0.05, 0.1) is 12.0 Å². The van der Waals surface area contributed by atoms with Crippen molar-refractivity contribution in [3.05, 3.63) is 20.8 Å². The van der Waals surface area contributed by atoms with E-state index >= 15 is 0 Å². The van der Waals surface area contributed by atoms with Crippen molar-refractivity contribution >= 4 is 39.3 Å². The first-order chi connectivity index (χ1) is 11.6. The second-order valence-electron chi connectivity index (χ2n) is 6.54. The molecule has 24 heavy (non-hydrogen) atoms. The van der Waals surface area contributed by atoms with Gasteiger partial charge in [0.1, 0.15) is 10.1 Å². The van der Waals surface area contributed by atoms with Crippen molar-refractivity contribution in [1.82, 2.24) is 9.55 Å². The fraction of sp³-hybridized carbons (Fsp3) is 0.588. The van der Waals surface area contributed by atoms with E-state index in [9.17, 15) is 9.59 Å². The number of cyclic esters (lactones) is 1. The van der Waals surface area contributed by atoms with E-state index in [1.165, 1.54) is 22.2 Å². The van der Waals surface area contributed by atoms with Crippen molar-refractivity contribution in [2.24, 2.45) is 5.92 Å². The number of carbonyl (C=O) groups is 1. The summed E-state index contributed by atoms with van der Waals surface area (Å²) in [7, 11) is 0. The van der Waals surface area contributed by atoms with E-state index in [0.717, 1.165) is 29.5 Å². The summed E-state index contributed by atoms with van der Waals surface area (Å²) in [5.41, 5.74) is 1.26. The molecule has 2 aromatic rings. The number of thioether (sulfide) groups is 1. The van der Waals surface area contributed by atoms with Gasteiger partial charge in [-0.1, -0.05) is 18.7 Å². The fourth-order valence-electron chi connectivity index (χ4n) is 3.49. The number of thiophene rings is 1. The second-order valence-corrected chi connectivity index (χ2v) is 8.79. The van der Waals surface area contributed by atoms with Crippen LogP contribution in [0.4, 0.5) is 0 Å². The Hall–Kier alpha value is -1.34. The summed E-state index contributed by atoms with van der Waals surface area (Å²) < 4.78 is 6.75. The minimum Gasteiger partial charge on any atom is -0.465 e. The van der Waals surface area contributed by atoms with Crippen LogP contribution < -0.4 is 5.56 Å². The Morgan fingerprint density at radius 2 is 2.21 bits per heavy atom. The molecule has 1 saturated heterocycles. The van der Waals surface area contributed by atoms with E-state index in [2.05, 4.69) is 6.92 Å². The molecule has 0 spiro atoms.